The van der Waals surface area contributed by atoms with Gasteiger partial charge < -0.3 is 10.1 Å². The normalized spacial score (nSPS) is 11.0. The van der Waals surface area contributed by atoms with Gasteiger partial charge in [-0.15, -0.1) is 0 Å². The number of aryl methyl sites for hydroxylation is 1. The summed E-state index contributed by atoms with van der Waals surface area (Å²) >= 11 is 6.01. The zero-order valence-electron chi connectivity index (χ0n) is 17.7. The Bertz CT molecular complexity index is 1470. The summed E-state index contributed by atoms with van der Waals surface area (Å²) < 4.78 is 22.0. The number of fused-ring (bicyclic) bond motifs is 1. The molecule has 2 aromatic carbocycles. The van der Waals surface area contributed by atoms with E-state index in [2.05, 4.69) is 10.4 Å². The molecule has 0 aliphatic carbocycles. The second kappa shape index (κ2) is 8.91. The zero-order chi connectivity index (χ0) is 23.7. The summed E-state index contributed by atoms with van der Waals surface area (Å²) in [6.45, 7) is -0.491. The first kappa shape index (κ1) is 22.3. The van der Waals surface area contributed by atoms with E-state index in [1.165, 1.54) is 52.9 Å². The van der Waals surface area contributed by atoms with Gasteiger partial charge >= 0.3 is 5.69 Å². The van der Waals surface area contributed by atoms with Crippen molar-refractivity contribution in [2.24, 2.45) is 7.05 Å². The molecular weight excluding hydrogens is 453 g/mol. The second-order valence-electron chi connectivity index (χ2n) is 7.32. The quantitative estimate of drug-likeness (QED) is 0.465. The minimum atomic E-state index is -0.696. The summed E-state index contributed by atoms with van der Waals surface area (Å²) in [6, 6.07) is 10.2. The highest BCUT2D eigenvalue weighted by Crippen LogP contribution is 2.27. The molecule has 0 fully saturated rings. The predicted molar refractivity (Wildman–Crippen MR) is 121 cm³/mol. The Labute approximate surface area is 191 Å². The number of hydrogen-bond donors (Lipinski definition) is 1. The van der Waals surface area contributed by atoms with Crippen LogP contribution in [0.15, 0.2) is 58.3 Å². The molecule has 1 amide bonds. The minimum absolute atomic E-state index is 0.0346. The van der Waals surface area contributed by atoms with Crippen LogP contribution in [0.5, 0.6) is 5.75 Å². The molecule has 4 aromatic rings. The minimum Gasteiger partial charge on any atom is -0.495 e. The highest BCUT2D eigenvalue weighted by molar-refractivity contribution is 6.31. The van der Waals surface area contributed by atoms with Gasteiger partial charge in [0.1, 0.15) is 18.1 Å². The van der Waals surface area contributed by atoms with Gasteiger partial charge in [-0.2, -0.15) is 5.10 Å². The Morgan fingerprint density at radius 1 is 1.15 bits per heavy atom. The van der Waals surface area contributed by atoms with Gasteiger partial charge in [-0.05, 0) is 35.9 Å². The van der Waals surface area contributed by atoms with E-state index in [9.17, 15) is 18.8 Å². The van der Waals surface area contributed by atoms with Crippen LogP contribution in [-0.2, 0) is 24.9 Å². The molecule has 0 atom stereocenters. The molecule has 0 spiro atoms. The molecule has 11 heteroatoms. The van der Waals surface area contributed by atoms with Crippen molar-refractivity contribution in [3.8, 4) is 5.75 Å². The lowest BCUT2D eigenvalue weighted by atomic mass is 10.2. The van der Waals surface area contributed by atoms with Crippen molar-refractivity contribution in [3.05, 3.63) is 85.9 Å². The van der Waals surface area contributed by atoms with Crippen LogP contribution in [0.3, 0.4) is 0 Å². The number of aromatic nitrogens is 4. The van der Waals surface area contributed by atoms with Crippen LogP contribution >= 0.6 is 11.6 Å². The monoisotopic (exact) mass is 471 g/mol. The molecule has 0 aliphatic rings. The van der Waals surface area contributed by atoms with E-state index in [-0.39, 0.29) is 24.1 Å². The molecule has 0 bridgehead atoms. The first-order chi connectivity index (χ1) is 15.8. The molecule has 33 heavy (non-hydrogen) atoms. The Hall–Kier alpha value is -3.92. The second-order valence-corrected chi connectivity index (χ2v) is 7.75. The van der Waals surface area contributed by atoms with E-state index in [1.54, 1.807) is 19.2 Å². The van der Waals surface area contributed by atoms with E-state index in [1.807, 2.05) is 0 Å². The topological polar surface area (TPSA) is 100 Å². The van der Waals surface area contributed by atoms with E-state index in [4.69, 9.17) is 16.3 Å². The van der Waals surface area contributed by atoms with E-state index < -0.39 is 23.0 Å². The lowest BCUT2D eigenvalue weighted by Crippen LogP contribution is -2.41. The molecule has 2 aromatic heterocycles. The lowest BCUT2D eigenvalue weighted by molar-refractivity contribution is -0.116. The standard InChI is InChI=1S/C22H19ClFN5O4/c1-27-11-17-20(26-27)21(31)29(10-13-3-6-15(24)7-4-13)22(32)28(17)12-19(30)25-16-9-14(23)5-8-18(16)33-2/h3-9,11H,10,12H2,1-2H3,(H,25,30). The number of halogens is 2. The van der Waals surface area contributed by atoms with Gasteiger partial charge in [0, 0.05) is 18.3 Å². The summed E-state index contributed by atoms with van der Waals surface area (Å²) in [6.07, 6.45) is 1.49. The van der Waals surface area contributed by atoms with Gasteiger partial charge in [0.25, 0.3) is 5.56 Å². The van der Waals surface area contributed by atoms with Crippen LogP contribution in [0.2, 0.25) is 5.02 Å². The number of hydrogen-bond acceptors (Lipinski definition) is 5. The third-order valence-electron chi connectivity index (χ3n) is 5.00. The number of carbonyl (C=O) groups excluding carboxylic acids is 1. The SMILES string of the molecule is COc1ccc(Cl)cc1NC(=O)Cn1c(=O)n(Cc2ccc(F)cc2)c(=O)c2nn(C)cc21. The fraction of sp³-hybridized carbons (Fsp3) is 0.182. The maximum atomic E-state index is 13.3. The number of rotatable bonds is 6. The van der Waals surface area contributed by atoms with Crippen molar-refractivity contribution in [1.29, 1.82) is 0 Å². The molecule has 4 rings (SSSR count). The summed E-state index contributed by atoms with van der Waals surface area (Å²) in [5.41, 5.74) is -0.162. The molecule has 2 heterocycles. The average Bonchev–Trinajstić information content (AvgIpc) is 3.17. The van der Waals surface area contributed by atoms with Gasteiger partial charge in [0.15, 0.2) is 5.52 Å². The van der Waals surface area contributed by atoms with Crippen LogP contribution in [0.25, 0.3) is 11.0 Å². The Morgan fingerprint density at radius 3 is 2.58 bits per heavy atom. The number of benzene rings is 2. The molecule has 0 saturated heterocycles. The Kier molecular flexibility index (Phi) is 6.01. The average molecular weight is 472 g/mol. The van der Waals surface area contributed by atoms with Crippen LogP contribution in [-0.4, -0.2) is 31.9 Å². The van der Waals surface area contributed by atoms with Gasteiger partial charge in [0.05, 0.1) is 24.9 Å². The van der Waals surface area contributed by atoms with E-state index >= 15 is 0 Å². The highest BCUT2D eigenvalue weighted by Gasteiger charge is 2.19. The smallest absolute Gasteiger partial charge is 0.332 e. The van der Waals surface area contributed by atoms with Crippen LogP contribution < -0.4 is 21.3 Å². The molecule has 1 N–H and O–H groups in total. The van der Waals surface area contributed by atoms with Crippen molar-refractivity contribution in [2.45, 2.75) is 13.1 Å². The van der Waals surface area contributed by atoms with Crippen LogP contribution in [0, 0.1) is 5.82 Å². The maximum absolute atomic E-state index is 13.3. The number of nitrogens with one attached hydrogen (secondary N) is 1. The predicted octanol–water partition coefficient (Wildman–Crippen LogP) is 2.38. The van der Waals surface area contributed by atoms with Gasteiger partial charge in [-0.1, -0.05) is 23.7 Å². The molecule has 0 radical (unpaired) electrons. The van der Waals surface area contributed by atoms with Crippen molar-refractivity contribution in [2.75, 3.05) is 12.4 Å². The fourth-order valence-corrected chi connectivity index (χ4v) is 3.64. The van der Waals surface area contributed by atoms with Gasteiger partial charge in [0.2, 0.25) is 5.91 Å². The van der Waals surface area contributed by atoms with Crippen molar-refractivity contribution >= 4 is 34.2 Å². The first-order valence-corrected chi connectivity index (χ1v) is 10.2. The highest BCUT2D eigenvalue weighted by atomic mass is 35.5. The third-order valence-corrected chi connectivity index (χ3v) is 5.24. The summed E-state index contributed by atoms with van der Waals surface area (Å²) in [7, 11) is 3.06. The number of nitrogens with zero attached hydrogens (tertiary/aromatic N) is 4. The molecule has 0 aliphatic heterocycles. The molecule has 0 saturated carbocycles. The third kappa shape index (κ3) is 4.51. The number of carbonyl (C=O) groups is 1. The van der Waals surface area contributed by atoms with Crippen molar-refractivity contribution < 1.29 is 13.9 Å². The first-order valence-electron chi connectivity index (χ1n) is 9.81. The molecule has 170 valence electrons. The van der Waals surface area contributed by atoms with Crippen LogP contribution in [0.1, 0.15) is 5.56 Å². The zero-order valence-corrected chi connectivity index (χ0v) is 18.5. The summed E-state index contributed by atoms with van der Waals surface area (Å²) in [5.74, 6) is -0.570. The maximum Gasteiger partial charge on any atom is 0.332 e. The fourth-order valence-electron chi connectivity index (χ4n) is 3.47. The number of anilines is 1. The number of ether oxygens (including phenoxy) is 1. The van der Waals surface area contributed by atoms with E-state index in [0.717, 1.165) is 4.57 Å². The summed E-state index contributed by atoms with van der Waals surface area (Å²) in [5, 5.41) is 7.22. The Morgan fingerprint density at radius 2 is 1.88 bits per heavy atom. The number of amides is 1. The van der Waals surface area contributed by atoms with E-state index in [0.29, 0.717) is 22.0 Å². The van der Waals surface area contributed by atoms with Gasteiger partial charge in [-0.3, -0.25) is 23.4 Å². The van der Waals surface area contributed by atoms with Gasteiger partial charge in [-0.25, -0.2) is 9.18 Å². The molecule has 0 unspecified atom stereocenters. The van der Waals surface area contributed by atoms with Crippen molar-refractivity contribution in [1.82, 2.24) is 18.9 Å². The molecular formula is C22H19ClFN5O4. The largest absolute Gasteiger partial charge is 0.495 e. The van der Waals surface area contributed by atoms with Crippen molar-refractivity contribution in [3.63, 3.8) is 0 Å². The molecule has 9 nitrogen and oxygen atoms in total. The lowest BCUT2D eigenvalue weighted by Gasteiger charge is -2.13. The summed E-state index contributed by atoms with van der Waals surface area (Å²) in [4.78, 5) is 39.0. The van der Waals surface area contributed by atoms with Crippen LogP contribution in [0.4, 0.5) is 10.1 Å². The number of methoxy groups -OCH3 is 1. The Balaban J connectivity index is 1.74.